The van der Waals surface area contributed by atoms with Crippen LogP contribution in [0.15, 0.2) is 39.9 Å². The van der Waals surface area contributed by atoms with Crippen molar-refractivity contribution < 1.29 is 18.0 Å². The Morgan fingerprint density at radius 1 is 1.25 bits per heavy atom. The van der Waals surface area contributed by atoms with Crippen LogP contribution in [0.4, 0.5) is 0 Å². The lowest BCUT2D eigenvalue weighted by Crippen LogP contribution is -2.49. The Kier molecular flexibility index (Phi) is 6.31. The number of fused-ring (bicyclic) bond motifs is 1. The molecule has 1 saturated heterocycles. The van der Waals surface area contributed by atoms with Crippen molar-refractivity contribution in [2.75, 3.05) is 13.1 Å². The summed E-state index contributed by atoms with van der Waals surface area (Å²) in [5, 5.41) is 1.71. The van der Waals surface area contributed by atoms with E-state index in [1.807, 2.05) is 19.9 Å². The standard InChI is InChI=1S/C21H25N5O4S2/c1-3-26-14(2)22-17-12-15(8-9-18(17)26)20(27)23-24-21(28)16-6-4-10-25(13-16)32(29,30)19-7-5-11-31-19/h5,7-9,11-12,16H,3-4,6,10,13H2,1-2H3,(H,23,27)(H,24,28)/t16-/m1/s1. The molecule has 1 atom stereocenters. The summed E-state index contributed by atoms with van der Waals surface area (Å²) in [7, 11) is -3.61. The lowest BCUT2D eigenvalue weighted by atomic mass is 9.99. The van der Waals surface area contributed by atoms with E-state index in [-0.39, 0.29) is 10.8 Å². The van der Waals surface area contributed by atoms with E-state index in [2.05, 4.69) is 20.4 Å². The lowest BCUT2D eigenvalue weighted by molar-refractivity contribution is -0.126. The van der Waals surface area contributed by atoms with Gasteiger partial charge in [0.2, 0.25) is 5.91 Å². The number of carbonyl (C=O) groups excluding carboxylic acids is 2. The van der Waals surface area contributed by atoms with Crippen LogP contribution in [0.5, 0.6) is 0 Å². The Morgan fingerprint density at radius 3 is 2.78 bits per heavy atom. The van der Waals surface area contributed by atoms with Crippen LogP contribution in [0.3, 0.4) is 0 Å². The largest absolute Gasteiger partial charge is 0.329 e. The normalized spacial score (nSPS) is 17.4. The van der Waals surface area contributed by atoms with Gasteiger partial charge in [0.05, 0.1) is 17.0 Å². The number of nitrogens with one attached hydrogen (secondary N) is 2. The third-order valence-corrected chi connectivity index (χ3v) is 8.90. The molecule has 4 rings (SSSR count). The Labute approximate surface area is 190 Å². The van der Waals surface area contributed by atoms with E-state index < -0.39 is 27.8 Å². The van der Waals surface area contributed by atoms with Crippen molar-refractivity contribution in [1.29, 1.82) is 0 Å². The van der Waals surface area contributed by atoms with E-state index in [0.29, 0.717) is 30.5 Å². The topological polar surface area (TPSA) is 113 Å². The highest BCUT2D eigenvalue weighted by Crippen LogP contribution is 2.26. The van der Waals surface area contributed by atoms with Crippen LogP contribution in [0, 0.1) is 12.8 Å². The van der Waals surface area contributed by atoms with Crippen LogP contribution in [-0.2, 0) is 21.4 Å². The highest BCUT2D eigenvalue weighted by atomic mass is 32.2. The van der Waals surface area contributed by atoms with Gasteiger partial charge >= 0.3 is 0 Å². The van der Waals surface area contributed by atoms with Crippen LogP contribution in [0.25, 0.3) is 11.0 Å². The molecule has 32 heavy (non-hydrogen) atoms. The van der Waals surface area contributed by atoms with Gasteiger partial charge < -0.3 is 4.57 Å². The van der Waals surface area contributed by atoms with Gasteiger partial charge in [0.15, 0.2) is 0 Å². The average molecular weight is 476 g/mol. The van der Waals surface area contributed by atoms with Crippen molar-refractivity contribution in [2.24, 2.45) is 5.92 Å². The van der Waals surface area contributed by atoms with E-state index >= 15 is 0 Å². The highest BCUT2D eigenvalue weighted by molar-refractivity contribution is 7.91. The Bertz CT molecular complexity index is 1250. The first-order valence-corrected chi connectivity index (χ1v) is 12.7. The number of hydrazine groups is 1. The maximum absolute atomic E-state index is 12.7. The molecule has 9 nitrogen and oxygen atoms in total. The smallest absolute Gasteiger partial charge is 0.269 e. The number of sulfonamides is 1. The van der Waals surface area contributed by atoms with Gasteiger partial charge in [-0.2, -0.15) is 4.31 Å². The van der Waals surface area contributed by atoms with Crippen LogP contribution in [0.2, 0.25) is 0 Å². The molecule has 1 fully saturated rings. The molecule has 0 spiro atoms. The fraction of sp³-hybridized carbons (Fsp3) is 0.381. The van der Waals surface area contributed by atoms with Crippen LogP contribution in [-0.4, -0.2) is 47.2 Å². The molecule has 1 aliphatic rings. The molecule has 1 aliphatic heterocycles. The number of carbonyl (C=O) groups is 2. The number of rotatable bonds is 5. The van der Waals surface area contributed by atoms with E-state index in [0.717, 1.165) is 29.2 Å². The van der Waals surface area contributed by atoms with Gasteiger partial charge in [0.25, 0.3) is 15.9 Å². The SMILES string of the molecule is CCn1c(C)nc2cc(C(=O)NNC(=O)[C@@H]3CCCN(S(=O)(=O)c4cccs4)C3)ccc21. The second-order valence-corrected chi connectivity index (χ2v) is 10.8. The Hall–Kier alpha value is -2.76. The summed E-state index contributed by atoms with van der Waals surface area (Å²) in [6, 6.07) is 8.46. The molecular weight excluding hydrogens is 450 g/mol. The molecule has 3 heterocycles. The maximum atomic E-state index is 12.7. The van der Waals surface area contributed by atoms with Gasteiger partial charge in [-0.3, -0.25) is 20.4 Å². The molecule has 0 bridgehead atoms. The minimum absolute atomic E-state index is 0.0849. The molecule has 0 saturated carbocycles. The second-order valence-electron chi connectivity index (χ2n) is 7.68. The molecular formula is C21H25N5O4S2. The molecule has 170 valence electrons. The van der Waals surface area contributed by atoms with Crippen molar-refractivity contribution in [3.63, 3.8) is 0 Å². The second kappa shape index (κ2) is 9.00. The lowest BCUT2D eigenvalue weighted by Gasteiger charge is -2.30. The number of amides is 2. The molecule has 0 aliphatic carbocycles. The highest BCUT2D eigenvalue weighted by Gasteiger charge is 2.34. The zero-order chi connectivity index (χ0) is 22.9. The monoisotopic (exact) mass is 475 g/mol. The summed E-state index contributed by atoms with van der Waals surface area (Å²) >= 11 is 1.16. The Morgan fingerprint density at radius 2 is 2.06 bits per heavy atom. The molecule has 2 N–H and O–H groups in total. The van der Waals surface area contributed by atoms with Crippen LogP contribution >= 0.6 is 11.3 Å². The maximum Gasteiger partial charge on any atom is 0.269 e. The summed E-state index contributed by atoms with van der Waals surface area (Å²) in [6.07, 6.45) is 1.13. The van der Waals surface area contributed by atoms with Gasteiger partial charge in [-0.05, 0) is 56.3 Å². The van der Waals surface area contributed by atoms with Crippen LogP contribution < -0.4 is 10.9 Å². The van der Waals surface area contributed by atoms with E-state index in [1.54, 1.807) is 29.6 Å². The van der Waals surface area contributed by atoms with Crippen molar-refractivity contribution in [3.8, 4) is 0 Å². The minimum atomic E-state index is -3.61. The van der Waals surface area contributed by atoms with Crippen molar-refractivity contribution in [1.82, 2.24) is 24.7 Å². The van der Waals surface area contributed by atoms with Gasteiger partial charge in [0.1, 0.15) is 10.0 Å². The van der Waals surface area contributed by atoms with Crippen molar-refractivity contribution in [2.45, 2.75) is 37.4 Å². The number of imidazole rings is 1. The summed E-state index contributed by atoms with van der Waals surface area (Å²) in [6.45, 7) is 5.18. The van der Waals surface area contributed by atoms with E-state index in [4.69, 9.17) is 0 Å². The zero-order valence-corrected chi connectivity index (χ0v) is 19.5. The Balaban J connectivity index is 1.39. The zero-order valence-electron chi connectivity index (χ0n) is 17.9. The molecule has 2 aromatic heterocycles. The molecule has 0 unspecified atom stereocenters. The number of aromatic nitrogens is 2. The number of thiophene rings is 1. The summed E-state index contributed by atoms with van der Waals surface area (Å²) in [4.78, 5) is 29.7. The molecule has 11 heteroatoms. The predicted octanol–water partition coefficient (Wildman–Crippen LogP) is 2.29. The van der Waals surface area contributed by atoms with Gasteiger partial charge in [-0.15, -0.1) is 11.3 Å². The van der Waals surface area contributed by atoms with E-state index in [9.17, 15) is 18.0 Å². The fourth-order valence-corrected chi connectivity index (χ4v) is 6.66. The fourth-order valence-electron chi connectivity index (χ4n) is 4.00. The summed E-state index contributed by atoms with van der Waals surface area (Å²) in [5.41, 5.74) is 6.92. The predicted molar refractivity (Wildman–Crippen MR) is 122 cm³/mol. The summed E-state index contributed by atoms with van der Waals surface area (Å²) in [5.74, 6) is -0.531. The first kappa shape index (κ1) is 22.4. The molecule has 0 radical (unpaired) electrons. The van der Waals surface area contributed by atoms with E-state index in [1.165, 1.54) is 4.31 Å². The third-order valence-electron chi connectivity index (χ3n) is 5.66. The number of aryl methyl sites for hydroxylation is 2. The third kappa shape index (κ3) is 4.27. The van der Waals surface area contributed by atoms with Crippen molar-refractivity contribution >= 4 is 44.2 Å². The number of piperidine rings is 1. The number of nitrogens with zero attached hydrogens (tertiary/aromatic N) is 3. The van der Waals surface area contributed by atoms with Gasteiger partial charge in [0, 0.05) is 25.2 Å². The van der Waals surface area contributed by atoms with Gasteiger partial charge in [-0.25, -0.2) is 13.4 Å². The minimum Gasteiger partial charge on any atom is -0.329 e. The first-order chi connectivity index (χ1) is 15.3. The average Bonchev–Trinajstić information content (AvgIpc) is 3.44. The number of hydrogen-bond donors (Lipinski definition) is 2. The van der Waals surface area contributed by atoms with Crippen molar-refractivity contribution in [3.05, 3.63) is 47.1 Å². The van der Waals surface area contributed by atoms with Gasteiger partial charge in [-0.1, -0.05) is 6.07 Å². The number of hydrogen-bond acceptors (Lipinski definition) is 6. The molecule has 3 aromatic rings. The number of benzene rings is 1. The summed E-state index contributed by atoms with van der Waals surface area (Å²) < 4.78 is 29.2. The quantitative estimate of drug-likeness (QED) is 0.550. The van der Waals surface area contributed by atoms with Crippen LogP contribution in [0.1, 0.15) is 35.9 Å². The first-order valence-electron chi connectivity index (χ1n) is 10.4. The molecule has 1 aromatic carbocycles. The molecule has 2 amide bonds.